The van der Waals surface area contributed by atoms with Gasteiger partial charge in [-0.2, -0.15) is 0 Å². The molecule has 2 nitrogen and oxygen atoms in total. The zero-order valence-electron chi connectivity index (χ0n) is 16.2. The molecule has 0 saturated heterocycles. The van der Waals surface area contributed by atoms with E-state index in [-0.39, 0.29) is 12.1 Å². The molecule has 0 aliphatic carbocycles. The number of aliphatic hydroxyl groups excluding tert-OH is 1. The van der Waals surface area contributed by atoms with Gasteiger partial charge in [0.1, 0.15) is 0 Å². The van der Waals surface area contributed by atoms with Gasteiger partial charge in [-0.1, -0.05) is 80.6 Å². The summed E-state index contributed by atoms with van der Waals surface area (Å²) in [6.07, 6.45) is 4.15. The first kappa shape index (κ1) is 20.4. The lowest BCUT2D eigenvalue weighted by molar-refractivity contribution is 0.0236. The van der Waals surface area contributed by atoms with Crippen LogP contribution in [0.4, 0.5) is 0 Å². The fourth-order valence-electron chi connectivity index (χ4n) is 3.44. The average molecular weight is 352 g/mol. The van der Waals surface area contributed by atoms with Crippen molar-refractivity contribution in [3.8, 4) is 0 Å². The second-order valence-corrected chi connectivity index (χ2v) is 7.51. The van der Waals surface area contributed by atoms with Crippen LogP contribution < -0.4 is 0 Å². The molecule has 0 bridgehead atoms. The van der Waals surface area contributed by atoms with E-state index < -0.39 is 0 Å². The summed E-state index contributed by atoms with van der Waals surface area (Å²) in [5.41, 5.74) is 2.57. The molecule has 2 heteroatoms. The molecule has 2 aromatic carbocycles. The number of hydrogen-bond donors (Lipinski definition) is 1. The van der Waals surface area contributed by atoms with Gasteiger partial charge in [-0.15, -0.1) is 6.58 Å². The van der Waals surface area contributed by atoms with Crippen LogP contribution in [-0.4, -0.2) is 22.2 Å². The van der Waals surface area contributed by atoms with Gasteiger partial charge in [-0.25, -0.2) is 0 Å². The Morgan fingerprint density at radius 2 is 1.42 bits per heavy atom. The molecule has 0 fully saturated rings. The van der Waals surface area contributed by atoms with Crippen molar-refractivity contribution in [3.05, 3.63) is 84.4 Å². The molecule has 0 spiro atoms. The second-order valence-electron chi connectivity index (χ2n) is 7.51. The molecule has 2 aromatic rings. The van der Waals surface area contributed by atoms with Crippen molar-refractivity contribution in [2.24, 2.45) is 5.92 Å². The molecule has 2 atom stereocenters. The predicted molar refractivity (Wildman–Crippen MR) is 111 cm³/mol. The fourth-order valence-corrected chi connectivity index (χ4v) is 3.44. The smallest absolute Gasteiger partial charge is 0.0698 e. The van der Waals surface area contributed by atoms with Gasteiger partial charge in [0.05, 0.1) is 6.10 Å². The third kappa shape index (κ3) is 6.78. The third-order valence-corrected chi connectivity index (χ3v) is 4.75. The molecular weight excluding hydrogens is 318 g/mol. The number of hydrogen-bond acceptors (Lipinski definition) is 2. The summed E-state index contributed by atoms with van der Waals surface area (Å²) < 4.78 is 0. The van der Waals surface area contributed by atoms with Gasteiger partial charge in [0.25, 0.3) is 0 Å². The molecule has 2 rings (SSSR count). The van der Waals surface area contributed by atoms with Crippen LogP contribution in [0.1, 0.15) is 44.2 Å². The Hall–Kier alpha value is -1.90. The van der Waals surface area contributed by atoms with E-state index in [2.05, 4.69) is 86.0 Å². The van der Waals surface area contributed by atoms with Crippen molar-refractivity contribution in [1.82, 2.24) is 4.90 Å². The van der Waals surface area contributed by atoms with Crippen LogP contribution in [0.3, 0.4) is 0 Å². The van der Waals surface area contributed by atoms with Crippen LogP contribution in [0.5, 0.6) is 0 Å². The SMILES string of the molecule is C=CCC[C@H](O)[C@H](CC(C)C)N(Cc1ccccc1)Cc1ccccc1. The molecule has 26 heavy (non-hydrogen) atoms. The number of aliphatic hydroxyl groups is 1. The lowest BCUT2D eigenvalue weighted by Crippen LogP contribution is -2.43. The first-order valence-electron chi connectivity index (χ1n) is 9.71. The minimum atomic E-state index is -0.345. The summed E-state index contributed by atoms with van der Waals surface area (Å²) in [4.78, 5) is 2.44. The Morgan fingerprint density at radius 1 is 0.923 bits per heavy atom. The van der Waals surface area contributed by atoms with E-state index in [0.717, 1.165) is 32.4 Å². The molecular formula is C24H33NO. The molecule has 0 heterocycles. The van der Waals surface area contributed by atoms with Gasteiger partial charge in [0, 0.05) is 19.1 Å². The van der Waals surface area contributed by atoms with Gasteiger partial charge >= 0.3 is 0 Å². The van der Waals surface area contributed by atoms with Gasteiger partial charge < -0.3 is 5.11 Å². The van der Waals surface area contributed by atoms with E-state index >= 15 is 0 Å². The van der Waals surface area contributed by atoms with Crippen LogP contribution in [0, 0.1) is 5.92 Å². The quantitative estimate of drug-likeness (QED) is 0.546. The molecule has 1 N–H and O–H groups in total. The first-order chi connectivity index (χ1) is 12.6. The van der Waals surface area contributed by atoms with Crippen LogP contribution in [0.25, 0.3) is 0 Å². The van der Waals surface area contributed by atoms with E-state index in [9.17, 15) is 5.11 Å². The second kappa shape index (κ2) is 10.9. The molecule has 0 aliphatic rings. The van der Waals surface area contributed by atoms with Gasteiger partial charge in [-0.3, -0.25) is 4.90 Å². The summed E-state index contributed by atoms with van der Waals surface area (Å²) in [5.74, 6) is 0.535. The monoisotopic (exact) mass is 351 g/mol. The fraction of sp³-hybridized carbons (Fsp3) is 0.417. The van der Waals surface area contributed by atoms with Gasteiger partial charge in [0.15, 0.2) is 0 Å². The topological polar surface area (TPSA) is 23.5 Å². The Morgan fingerprint density at radius 3 is 1.85 bits per heavy atom. The highest BCUT2D eigenvalue weighted by Gasteiger charge is 2.26. The number of benzene rings is 2. The molecule has 0 amide bonds. The Balaban J connectivity index is 2.25. The van der Waals surface area contributed by atoms with E-state index in [1.165, 1.54) is 11.1 Å². The van der Waals surface area contributed by atoms with E-state index in [1.54, 1.807) is 0 Å². The molecule has 0 aliphatic heterocycles. The summed E-state index contributed by atoms with van der Waals surface area (Å²) in [6.45, 7) is 9.96. The van der Waals surface area contributed by atoms with Crippen molar-refractivity contribution >= 4 is 0 Å². The Bertz CT molecular complexity index is 582. The molecule has 0 radical (unpaired) electrons. The highest BCUT2D eigenvalue weighted by Crippen LogP contribution is 2.23. The maximum atomic E-state index is 10.9. The van der Waals surface area contributed by atoms with E-state index in [0.29, 0.717) is 5.92 Å². The minimum absolute atomic E-state index is 0.135. The van der Waals surface area contributed by atoms with E-state index in [1.807, 2.05) is 6.08 Å². The lowest BCUT2D eigenvalue weighted by atomic mass is 9.94. The highest BCUT2D eigenvalue weighted by molar-refractivity contribution is 5.17. The van der Waals surface area contributed by atoms with Gasteiger partial charge in [-0.05, 0) is 36.3 Å². The zero-order chi connectivity index (χ0) is 18.8. The lowest BCUT2D eigenvalue weighted by Gasteiger charge is -2.36. The normalized spacial score (nSPS) is 13.7. The highest BCUT2D eigenvalue weighted by atomic mass is 16.3. The molecule has 0 saturated carbocycles. The van der Waals surface area contributed by atoms with Crippen LogP contribution >= 0.6 is 0 Å². The Labute approximate surface area is 159 Å². The minimum Gasteiger partial charge on any atom is -0.391 e. The van der Waals surface area contributed by atoms with Crippen molar-refractivity contribution in [3.63, 3.8) is 0 Å². The zero-order valence-corrected chi connectivity index (χ0v) is 16.2. The van der Waals surface area contributed by atoms with Crippen molar-refractivity contribution in [1.29, 1.82) is 0 Å². The van der Waals surface area contributed by atoms with Crippen LogP contribution in [0.15, 0.2) is 73.3 Å². The van der Waals surface area contributed by atoms with Crippen molar-refractivity contribution in [2.45, 2.75) is 58.3 Å². The Kier molecular flexibility index (Phi) is 8.60. The maximum Gasteiger partial charge on any atom is 0.0698 e. The van der Waals surface area contributed by atoms with Crippen LogP contribution in [0.2, 0.25) is 0 Å². The van der Waals surface area contributed by atoms with Crippen molar-refractivity contribution < 1.29 is 5.11 Å². The average Bonchev–Trinajstić information content (AvgIpc) is 2.65. The third-order valence-electron chi connectivity index (χ3n) is 4.75. The summed E-state index contributed by atoms with van der Waals surface area (Å²) >= 11 is 0. The number of allylic oxidation sites excluding steroid dienone is 1. The van der Waals surface area contributed by atoms with Crippen molar-refractivity contribution in [2.75, 3.05) is 0 Å². The number of nitrogens with zero attached hydrogens (tertiary/aromatic N) is 1. The van der Waals surface area contributed by atoms with Gasteiger partial charge in [0.2, 0.25) is 0 Å². The summed E-state index contributed by atoms with van der Waals surface area (Å²) in [7, 11) is 0. The largest absolute Gasteiger partial charge is 0.391 e. The predicted octanol–water partition coefficient (Wildman–Crippen LogP) is 5.43. The summed E-state index contributed by atoms with van der Waals surface area (Å²) in [5, 5.41) is 10.9. The first-order valence-corrected chi connectivity index (χ1v) is 9.71. The molecule has 140 valence electrons. The number of rotatable bonds is 11. The summed E-state index contributed by atoms with van der Waals surface area (Å²) in [6, 6.07) is 21.2. The standard InChI is InChI=1S/C24H33NO/c1-4-5-16-24(26)23(17-20(2)3)25(18-21-12-8-6-9-13-21)19-22-14-10-7-11-15-22/h4,6-15,20,23-24,26H,1,5,16-19H2,2-3H3/t23-,24-/m0/s1. The molecule has 0 aromatic heterocycles. The van der Waals surface area contributed by atoms with Crippen LogP contribution in [-0.2, 0) is 13.1 Å². The molecule has 0 unspecified atom stereocenters. The maximum absolute atomic E-state index is 10.9. The van der Waals surface area contributed by atoms with E-state index in [4.69, 9.17) is 0 Å².